The van der Waals surface area contributed by atoms with Gasteiger partial charge in [-0.25, -0.2) is 0 Å². The maximum Gasteiger partial charge on any atom is 0.142 e. The van der Waals surface area contributed by atoms with Gasteiger partial charge in [-0.3, -0.25) is 0 Å². The predicted octanol–water partition coefficient (Wildman–Crippen LogP) is 16.0. The third-order valence-corrected chi connectivity index (χ3v) is 14.0. The number of anilines is 6. The summed E-state index contributed by atoms with van der Waals surface area (Å²) in [5, 5.41) is 1.14. The molecule has 1 heterocycles. The maximum atomic E-state index is 7.14. The van der Waals surface area contributed by atoms with Crippen molar-refractivity contribution in [3.63, 3.8) is 0 Å². The van der Waals surface area contributed by atoms with Crippen LogP contribution in [0, 0.1) is 0 Å². The van der Waals surface area contributed by atoms with Crippen LogP contribution in [0.4, 0.5) is 34.1 Å². The molecule has 3 aliphatic rings. The molecule has 1 aromatic heterocycles. The zero-order valence-corrected chi connectivity index (χ0v) is 35.1. The summed E-state index contributed by atoms with van der Waals surface area (Å²) in [6.07, 6.45) is 0. The van der Waals surface area contributed by atoms with Crippen molar-refractivity contribution >= 4 is 45.1 Å². The number of para-hydroxylation sites is 4. The van der Waals surface area contributed by atoms with Crippen LogP contribution in [-0.4, -0.2) is 0 Å². The van der Waals surface area contributed by atoms with Crippen molar-refractivity contribution in [1.29, 1.82) is 0 Å². The Morgan fingerprint density at radius 1 is 0.365 bits per heavy atom. The smallest absolute Gasteiger partial charge is 0.142 e. The number of fused-ring (bicyclic) bond motifs is 15. The van der Waals surface area contributed by atoms with E-state index in [2.05, 4.69) is 242 Å². The summed E-state index contributed by atoms with van der Waals surface area (Å²) in [5.41, 5.74) is 20.7. The van der Waals surface area contributed by atoms with Gasteiger partial charge in [-0.05, 0) is 123 Å². The van der Waals surface area contributed by atoms with Crippen molar-refractivity contribution in [2.75, 3.05) is 9.80 Å². The molecule has 3 heteroatoms. The molecular formula is C60H42N2O. The van der Waals surface area contributed by atoms with Crippen LogP contribution >= 0.6 is 0 Å². The average molecular weight is 807 g/mol. The van der Waals surface area contributed by atoms with Crippen molar-refractivity contribution in [3.8, 4) is 33.6 Å². The number of hydrogen-bond donors (Lipinski definition) is 0. The van der Waals surface area contributed by atoms with E-state index in [-0.39, 0.29) is 5.41 Å². The van der Waals surface area contributed by atoms with Gasteiger partial charge in [0.25, 0.3) is 0 Å². The Balaban J connectivity index is 1.06. The van der Waals surface area contributed by atoms with Gasteiger partial charge in [0, 0.05) is 50.4 Å². The summed E-state index contributed by atoms with van der Waals surface area (Å²) in [7, 11) is 0. The number of furan rings is 1. The molecule has 0 fully saturated rings. The zero-order chi connectivity index (χ0) is 41.9. The molecule has 0 bridgehead atoms. The van der Waals surface area contributed by atoms with E-state index in [9.17, 15) is 0 Å². The quantitative estimate of drug-likeness (QED) is 0.167. The van der Waals surface area contributed by atoms with Gasteiger partial charge >= 0.3 is 0 Å². The van der Waals surface area contributed by atoms with E-state index >= 15 is 0 Å². The normalized spacial score (nSPS) is 15.7. The molecule has 1 spiro atoms. The molecule has 3 aliphatic carbocycles. The predicted molar refractivity (Wildman–Crippen MR) is 259 cm³/mol. The molecule has 63 heavy (non-hydrogen) atoms. The fraction of sp³-hybridized carbons (Fsp3) is 0.0667. The van der Waals surface area contributed by atoms with Crippen LogP contribution in [0.15, 0.2) is 223 Å². The Labute approximate surface area is 367 Å². The average Bonchev–Trinajstić information content (AvgIpc) is 4.02. The highest BCUT2D eigenvalue weighted by atomic mass is 16.3. The van der Waals surface area contributed by atoms with Gasteiger partial charge in [0.15, 0.2) is 0 Å². The lowest BCUT2D eigenvalue weighted by Gasteiger charge is -2.32. The number of nitrogens with zero attached hydrogens (tertiary/aromatic N) is 2. The van der Waals surface area contributed by atoms with Gasteiger partial charge in [-0.15, -0.1) is 0 Å². The van der Waals surface area contributed by atoms with Crippen LogP contribution in [0.3, 0.4) is 0 Å². The van der Waals surface area contributed by atoms with E-state index in [1.807, 2.05) is 0 Å². The minimum atomic E-state index is -0.627. The molecule has 0 amide bonds. The van der Waals surface area contributed by atoms with E-state index in [1.165, 1.54) is 55.6 Å². The Bertz CT molecular complexity index is 3400. The number of hydrogen-bond acceptors (Lipinski definition) is 3. The maximum absolute atomic E-state index is 7.14. The first kappa shape index (κ1) is 35.8. The Morgan fingerprint density at radius 3 is 1.60 bits per heavy atom. The van der Waals surface area contributed by atoms with Crippen molar-refractivity contribution in [3.05, 3.63) is 252 Å². The molecule has 0 radical (unpaired) electrons. The van der Waals surface area contributed by atoms with Crippen LogP contribution in [0.25, 0.3) is 44.5 Å². The molecule has 1 atom stereocenters. The topological polar surface area (TPSA) is 19.6 Å². The fourth-order valence-corrected chi connectivity index (χ4v) is 11.4. The van der Waals surface area contributed by atoms with E-state index in [0.29, 0.717) is 0 Å². The molecular weight excluding hydrogens is 765 g/mol. The van der Waals surface area contributed by atoms with Gasteiger partial charge in [0.05, 0.1) is 11.1 Å². The van der Waals surface area contributed by atoms with Gasteiger partial charge in [-0.1, -0.05) is 159 Å². The van der Waals surface area contributed by atoms with Crippen LogP contribution in [0.2, 0.25) is 0 Å². The Morgan fingerprint density at radius 2 is 0.889 bits per heavy atom. The summed E-state index contributed by atoms with van der Waals surface area (Å²) in [6, 6.07) is 79.9. The summed E-state index contributed by atoms with van der Waals surface area (Å²) < 4.78 is 7.14. The highest BCUT2D eigenvalue weighted by Crippen LogP contribution is 2.67. The lowest BCUT2D eigenvalue weighted by molar-refractivity contribution is 0.628. The van der Waals surface area contributed by atoms with Crippen LogP contribution in [-0.2, 0) is 10.8 Å². The first-order chi connectivity index (χ1) is 31.0. The van der Waals surface area contributed by atoms with E-state index in [0.717, 1.165) is 56.4 Å². The first-order valence-corrected chi connectivity index (χ1v) is 21.9. The van der Waals surface area contributed by atoms with Crippen LogP contribution in [0.1, 0.15) is 47.2 Å². The number of rotatable bonds is 6. The zero-order valence-electron chi connectivity index (χ0n) is 35.1. The minimum Gasteiger partial charge on any atom is -0.456 e. The Hall–Kier alpha value is -7.88. The van der Waals surface area contributed by atoms with Crippen molar-refractivity contribution < 1.29 is 4.42 Å². The highest BCUT2D eigenvalue weighted by Gasteiger charge is 2.55. The first-order valence-electron chi connectivity index (χ1n) is 21.9. The molecule has 13 rings (SSSR count). The molecule has 0 aliphatic heterocycles. The van der Waals surface area contributed by atoms with Crippen molar-refractivity contribution in [1.82, 2.24) is 0 Å². The fourth-order valence-electron chi connectivity index (χ4n) is 11.4. The van der Waals surface area contributed by atoms with Crippen molar-refractivity contribution in [2.45, 2.75) is 24.7 Å². The van der Waals surface area contributed by atoms with Crippen LogP contribution in [0.5, 0.6) is 0 Å². The third-order valence-electron chi connectivity index (χ3n) is 14.0. The molecule has 0 N–H and O–H groups in total. The monoisotopic (exact) mass is 806 g/mol. The second-order valence-electron chi connectivity index (χ2n) is 17.6. The van der Waals surface area contributed by atoms with Crippen LogP contribution < -0.4 is 9.80 Å². The summed E-state index contributed by atoms with van der Waals surface area (Å²) >= 11 is 0. The second-order valence-corrected chi connectivity index (χ2v) is 17.6. The van der Waals surface area contributed by atoms with Crippen molar-refractivity contribution in [2.24, 2.45) is 0 Å². The molecule has 3 nitrogen and oxygen atoms in total. The lowest BCUT2D eigenvalue weighted by atomic mass is 9.70. The third kappa shape index (κ3) is 4.91. The lowest BCUT2D eigenvalue weighted by Crippen LogP contribution is -2.26. The minimum absolute atomic E-state index is 0.121. The summed E-state index contributed by atoms with van der Waals surface area (Å²) in [4.78, 5) is 4.82. The van der Waals surface area contributed by atoms with E-state index < -0.39 is 5.41 Å². The molecule has 0 saturated carbocycles. The van der Waals surface area contributed by atoms with E-state index in [4.69, 9.17) is 4.42 Å². The molecule has 0 saturated heterocycles. The molecule has 9 aromatic carbocycles. The highest BCUT2D eigenvalue weighted by molar-refractivity contribution is 6.06. The standard InChI is InChI=1S/C60H42N2O/c1-59(2)49-28-15-12-25-44(49)46-35-33-43(38-53(46)59)61(39-19-6-3-7-20-39)42-34-36-51-48(37-42)45-26-13-16-29-50(45)60(51)52-30-18-31-54(56(52)58-57(60)47-27-14-17-32-55(47)63-58)62(40-21-8-4-9-22-40)41-23-10-5-11-24-41/h3-38H,1-2H3. The largest absolute Gasteiger partial charge is 0.456 e. The van der Waals surface area contributed by atoms with E-state index in [1.54, 1.807) is 0 Å². The molecule has 298 valence electrons. The second kappa shape index (κ2) is 13.3. The molecule has 10 aromatic rings. The van der Waals surface area contributed by atoms with Gasteiger partial charge in [0.1, 0.15) is 11.3 Å². The number of benzene rings is 9. The molecule has 1 unspecified atom stereocenters. The Kier molecular flexibility index (Phi) is 7.57. The summed E-state index contributed by atoms with van der Waals surface area (Å²) in [6.45, 7) is 4.72. The summed E-state index contributed by atoms with van der Waals surface area (Å²) in [5.74, 6) is 0.929. The van der Waals surface area contributed by atoms with Gasteiger partial charge in [0.2, 0.25) is 0 Å². The van der Waals surface area contributed by atoms with Gasteiger partial charge < -0.3 is 14.2 Å². The van der Waals surface area contributed by atoms with Gasteiger partial charge in [-0.2, -0.15) is 0 Å². The SMILES string of the molecule is CC1(C)c2ccccc2-c2ccc(N(c3ccccc3)c3ccc4c(c3)-c3ccccc3C43c4cccc(N(c5ccccc5)c5ccccc5)c4-c4oc5ccccc5c43)cc21.